The molecule has 0 unspecified atom stereocenters. The summed E-state index contributed by atoms with van der Waals surface area (Å²) in [5.41, 5.74) is -39.0. The third-order valence-electron chi connectivity index (χ3n) is 18.2. The Hall–Kier alpha value is -11.8. The molecule has 7 nitrogen and oxygen atoms in total. The zero-order valence-electron chi connectivity index (χ0n) is 51.0. The molecule has 536 valence electrons. The van der Waals surface area contributed by atoms with Crippen LogP contribution in [0.5, 0.6) is 0 Å². The van der Waals surface area contributed by atoms with Crippen molar-refractivity contribution >= 4 is 56.5 Å². The summed E-state index contributed by atoms with van der Waals surface area (Å²) in [4.78, 5) is 29.8. The minimum absolute atomic E-state index is 0.127. The molecule has 1 saturated heterocycles. The number of allylic oxidation sites excluding steroid dienone is 8. The van der Waals surface area contributed by atoms with E-state index in [1.54, 1.807) is 0 Å². The number of nitrogens with zero attached hydrogens (tertiary/aromatic N) is 5. The Bertz CT molecular complexity index is 5890. The van der Waals surface area contributed by atoms with Crippen LogP contribution in [0.15, 0.2) is 98.5 Å². The fraction of sp³-hybridized carbons (Fsp3) is 0.0725. The quantitative estimate of drug-likeness (QED) is 0.104. The number of aromatic nitrogens is 2. The molecule has 14 bridgehead atoms. The number of H-pyrrole nitrogens is 1. The van der Waals surface area contributed by atoms with Crippen LogP contribution in [0.3, 0.4) is 0 Å². The molecule has 1 N–H and O–H groups in total. The number of rotatable bonds is 5. The molecule has 8 aromatic rings. The van der Waals surface area contributed by atoms with Gasteiger partial charge in [0.2, 0.25) is 35.0 Å². The van der Waals surface area contributed by atoms with Gasteiger partial charge in [-0.15, -0.1) is 0 Å². The van der Waals surface area contributed by atoms with Gasteiger partial charge in [-0.25, -0.2) is 142 Å². The Balaban J connectivity index is 1.25. The van der Waals surface area contributed by atoms with Crippen molar-refractivity contribution in [1.82, 2.24) is 14.5 Å². The van der Waals surface area contributed by atoms with E-state index in [1.807, 2.05) is 0 Å². The van der Waals surface area contributed by atoms with Gasteiger partial charge in [-0.2, -0.15) is 0 Å². The number of carbonyl (C=O) groups is 1. The number of amides is 1. The van der Waals surface area contributed by atoms with Gasteiger partial charge in [0.25, 0.3) is 0 Å². The molecular formula is C69H21F29N6O. The largest absolute Gasteiger partial charge is 0.354 e. The minimum Gasteiger partial charge on any atom is -0.354 e. The van der Waals surface area contributed by atoms with Crippen molar-refractivity contribution in [3.63, 3.8) is 0 Å². The molecule has 1 amide bonds. The molecule has 105 heavy (non-hydrogen) atoms. The fourth-order valence-electron chi connectivity index (χ4n) is 13.6. The zero-order chi connectivity index (χ0) is 76.3. The van der Waals surface area contributed by atoms with Crippen LogP contribution in [0.4, 0.5) is 127 Å². The second-order valence-corrected chi connectivity index (χ2v) is 23.5. The third-order valence-corrected chi connectivity index (χ3v) is 18.2. The van der Waals surface area contributed by atoms with Crippen LogP contribution in [-0.4, -0.2) is 44.5 Å². The van der Waals surface area contributed by atoms with Crippen molar-refractivity contribution in [2.75, 3.05) is 7.05 Å². The smallest absolute Gasteiger partial charge is 0.238 e. The number of hydrogen-bond acceptors (Lipinski definition) is 4. The van der Waals surface area contributed by atoms with Crippen molar-refractivity contribution in [2.24, 2.45) is 27.4 Å². The highest BCUT2D eigenvalue weighted by Crippen LogP contribution is 2.67. The number of likely N-dealkylation sites (N-methyl/N-ethyl adjacent to an activating group) is 1. The van der Waals surface area contributed by atoms with Gasteiger partial charge in [-0.3, -0.25) is 4.79 Å². The molecule has 7 heterocycles. The van der Waals surface area contributed by atoms with Crippen LogP contribution in [0.1, 0.15) is 63.2 Å². The van der Waals surface area contributed by atoms with Gasteiger partial charge in [0.1, 0.15) is 0 Å². The summed E-state index contributed by atoms with van der Waals surface area (Å²) >= 11 is 0. The maximum absolute atomic E-state index is 17.3. The molecule has 2 atom stereocenters. The highest BCUT2D eigenvalue weighted by Gasteiger charge is 2.65. The minimum atomic E-state index is -3.24. The summed E-state index contributed by atoms with van der Waals surface area (Å²) in [6.07, 6.45) is 2.38. The molecule has 6 aromatic carbocycles. The third kappa shape index (κ3) is 9.37. The van der Waals surface area contributed by atoms with Gasteiger partial charge in [0.05, 0.1) is 78.8 Å². The highest BCUT2D eigenvalue weighted by molar-refractivity contribution is 6.34. The number of benzene rings is 6. The van der Waals surface area contributed by atoms with E-state index in [2.05, 4.69) is 20.0 Å². The van der Waals surface area contributed by atoms with E-state index in [9.17, 15) is 13.2 Å². The summed E-state index contributed by atoms with van der Waals surface area (Å²) < 4.78 is 466. The summed E-state index contributed by atoms with van der Waals surface area (Å²) in [6.45, 7) is 0.581. The number of aliphatic imine (C=N–C) groups is 3. The van der Waals surface area contributed by atoms with E-state index >= 15 is 119 Å². The Labute approximate surface area is 562 Å². The normalized spacial score (nSPS) is 21.5. The first-order valence-corrected chi connectivity index (χ1v) is 29.0. The van der Waals surface area contributed by atoms with E-state index in [4.69, 9.17) is 0 Å². The predicted octanol–water partition coefficient (Wildman–Crippen LogP) is 16.4. The van der Waals surface area contributed by atoms with Crippen molar-refractivity contribution < 1.29 is 132 Å². The second-order valence-electron chi connectivity index (χ2n) is 23.5. The number of carbonyl (C=O) groups excluding carboxylic acids is 1. The summed E-state index contributed by atoms with van der Waals surface area (Å²) in [6, 6.07) is 1.73. The Morgan fingerprint density at radius 2 is 0.571 bits per heavy atom. The molecular weight excluding hydrogens is 1480 g/mol. The number of halogens is 29. The molecule has 0 spiro atoms. The molecule has 1 aliphatic carbocycles. The topological polar surface area (TPSA) is 78.1 Å². The molecule has 36 heteroatoms. The summed E-state index contributed by atoms with van der Waals surface area (Å²) in [5, 5.41) is -2.47. The maximum Gasteiger partial charge on any atom is 0.238 e. The highest BCUT2D eigenvalue weighted by atomic mass is 19.2. The van der Waals surface area contributed by atoms with Crippen LogP contribution in [0.25, 0.3) is 33.4 Å². The van der Waals surface area contributed by atoms with Crippen LogP contribution < -0.4 is 10.7 Å². The molecule has 0 radical (unpaired) electrons. The number of aromatic amines is 1. The Morgan fingerprint density at radius 1 is 0.314 bits per heavy atom. The van der Waals surface area contributed by atoms with E-state index in [0.717, 1.165) is 0 Å². The molecule has 6 aliphatic rings. The molecule has 5 aliphatic heterocycles. The fourth-order valence-corrected chi connectivity index (χ4v) is 13.6. The lowest BCUT2D eigenvalue weighted by molar-refractivity contribution is -0.131. The summed E-state index contributed by atoms with van der Waals surface area (Å²) in [7, 11) is 1.09. The Morgan fingerprint density at radius 3 is 0.905 bits per heavy atom. The van der Waals surface area contributed by atoms with E-state index in [-0.39, 0.29) is 4.90 Å². The van der Waals surface area contributed by atoms with Crippen molar-refractivity contribution in [3.05, 3.63) is 313 Å². The Kier molecular flexibility index (Phi) is 16.0. The van der Waals surface area contributed by atoms with Crippen molar-refractivity contribution in [3.8, 4) is 0 Å². The average molecular weight is 1500 g/mol. The van der Waals surface area contributed by atoms with E-state index in [1.165, 1.54) is 0 Å². The van der Waals surface area contributed by atoms with Gasteiger partial charge in [-0.05, 0) is 67.6 Å². The monoisotopic (exact) mass is 1500 g/mol. The lowest BCUT2D eigenvalue weighted by atomic mass is 9.74. The number of nitrogens with one attached hydrogen (secondary N) is 1. The van der Waals surface area contributed by atoms with E-state index in [0.29, 0.717) is 86.3 Å². The van der Waals surface area contributed by atoms with Crippen LogP contribution in [0, 0.1) is 174 Å². The standard InChI is InChI=1S/C69H21F29N6O/c1-69-36-21-11-10-17(102-21)25(32-42(74)54(86)63(95)55(87)43(32)75)15-5-4-14(99-15)24(31-40(72)52(84)62(94)53(85)41(31)73)16-6-7-18(100-16)26(33-44(76)56(88)64(96)57(89)45(33)77)22-12-13-23(103(22)2)27(34-46(78)58(90)65(97)59(91)47(34)79)19-8-9-20(101-19)28(35-48(80)60(92)66(98)61(93)49(35)81)67(104(3)68(69)105)37(69)30-29(36)38(70)50(82)51(83)39(30)71/h4-13,37,99H,1-3H3/b24-14+,25-15+,26-18+,27-19-,36-21-,67-28-/t37-,69-/m0/s1. The molecule has 2 aromatic heterocycles. The number of likely N-dealkylation sites (tertiary alicyclic amines) is 1. The first-order chi connectivity index (χ1) is 49.4. The second kappa shape index (κ2) is 23.9. The molecule has 0 saturated carbocycles. The number of fused-ring (bicyclic) bond motifs is 9. The van der Waals surface area contributed by atoms with Crippen LogP contribution >= 0.6 is 0 Å². The maximum atomic E-state index is 17.3. The zero-order valence-corrected chi connectivity index (χ0v) is 51.0. The van der Waals surface area contributed by atoms with Gasteiger partial charge < -0.3 is 14.5 Å². The van der Waals surface area contributed by atoms with Crippen LogP contribution in [-0.2, 0) is 11.8 Å². The number of hydrogen-bond donors (Lipinski definition) is 1. The predicted molar refractivity (Wildman–Crippen MR) is 307 cm³/mol. The van der Waals surface area contributed by atoms with E-state index < -0.39 is 320 Å². The average Bonchev–Trinajstić information content (AvgIpc) is 1.50. The summed E-state index contributed by atoms with van der Waals surface area (Å²) in [5.74, 6) is -87.4. The SMILES string of the molecule is CN1C(=O)[C@@]2(C)/C3=C4/C=CC(=N4)/C(c4c(F)c(F)c(F)c(F)c4F)=c4/cc/c([nH]4)=C(\c4c(F)c(F)c(F)c(F)c4F)C4=N/C(=C(/c5c(F)c(F)c(F)c(F)c5F)c5ccc(n5C)/C(c5c(F)c(F)c(F)c(F)c5F)=C5\C=CC(=N5)/C(c5c(F)c(F)c(F)c(F)c5F)=C/1[C@@H]2c1c(F)c(F)c(F)c(F)c13)C=C4. The van der Waals surface area contributed by atoms with Gasteiger partial charge in [-0.1, -0.05) is 0 Å². The van der Waals surface area contributed by atoms with Crippen LogP contribution in [0.2, 0.25) is 0 Å². The first-order valence-electron chi connectivity index (χ1n) is 29.0. The molecule has 1 fully saturated rings. The van der Waals surface area contributed by atoms with Gasteiger partial charge >= 0.3 is 0 Å². The lowest BCUT2D eigenvalue weighted by Crippen LogP contribution is -2.31. The van der Waals surface area contributed by atoms with Gasteiger partial charge in [0.15, 0.2) is 140 Å². The molecule has 14 rings (SSSR count). The first kappa shape index (κ1) is 70.3. The van der Waals surface area contributed by atoms with Gasteiger partial charge in [0, 0.05) is 81.0 Å². The van der Waals surface area contributed by atoms with Crippen molar-refractivity contribution in [2.45, 2.75) is 12.8 Å². The van der Waals surface area contributed by atoms with Crippen molar-refractivity contribution in [1.29, 1.82) is 0 Å². The lowest BCUT2D eigenvalue weighted by Gasteiger charge is -2.24.